The maximum absolute atomic E-state index is 11.8. The van der Waals surface area contributed by atoms with E-state index in [9.17, 15) is 9.59 Å². The van der Waals surface area contributed by atoms with Gasteiger partial charge in [-0.05, 0) is 17.9 Å². The third kappa shape index (κ3) is 7.96. The van der Waals surface area contributed by atoms with E-state index in [2.05, 4.69) is 15.7 Å². The van der Waals surface area contributed by atoms with Gasteiger partial charge in [0.25, 0.3) is 0 Å². The molecule has 0 saturated carbocycles. The topological polar surface area (TPSA) is 96.3 Å². The molecule has 1 aromatic heterocycles. The fourth-order valence-electron chi connectivity index (χ4n) is 2.08. The Morgan fingerprint density at radius 1 is 1.38 bits per heavy atom. The molecule has 1 rings (SSSR count). The van der Waals surface area contributed by atoms with Gasteiger partial charge >= 0.3 is 12.0 Å². The summed E-state index contributed by atoms with van der Waals surface area (Å²) in [4.78, 5) is 22.7. The van der Waals surface area contributed by atoms with Crippen molar-refractivity contribution in [1.82, 2.24) is 20.4 Å². The first kappa shape index (κ1) is 17.0. The van der Waals surface area contributed by atoms with Gasteiger partial charge in [-0.2, -0.15) is 5.10 Å². The molecule has 1 atom stereocenters. The average Bonchev–Trinajstić information content (AvgIpc) is 2.78. The van der Waals surface area contributed by atoms with E-state index in [0.29, 0.717) is 19.5 Å². The van der Waals surface area contributed by atoms with Crippen LogP contribution >= 0.6 is 0 Å². The largest absolute Gasteiger partial charge is 0.481 e. The first-order chi connectivity index (χ1) is 9.76. The molecule has 0 aliphatic heterocycles. The molecule has 0 radical (unpaired) electrons. The summed E-state index contributed by atoms with van der Waals surface area (Å²) in [5.74, 6) is -0.916. The minimum absolute atomic E-state index is 0.0531. The van der Waals surface area contributed by atoms with Crippen LogP contribution in [0.4, 0.5) is 4.79 Å². The van der Waals surface area contributed by atoms with Crippen molar-refractivity contribution in [2.75, 3.05) is 6.54 Å². The summed E-state index contributed by atoms with van der Waals surface area (Å²) in [5, 5.41) is 18.4. The molecule has 1 aromatic rings. The van der Waals surface area contributed by atoms with Gasteiger partial charge in [0.1, 0.15) is 0 Å². The van der Waals surface area contributed by atoms with Crippen molar-refractivity contribution in [3.8, 4) is 0 Å². The van der Waals surface area contributed by atoms with E-state index >= 15 is 0 Å². The molecule has 0 spiro atoms. The second-order valence-electron chi connectivity index (χ2n) is 6.23. The molecule has 7 heteroatoms. The number of rotatable bonds is 7. The van der Waals surface area contributed by atoms with Gasteiger partial charge in [0.2, 0.25) is 0 Å². The molecule has 0 saturated heterocycles. The lowest BCUT2D eigenvalue weighted by molar-refractivity contribution is -0.137. The summed E-state index contributed by atoms with van der Waals surface area (Å²) >= 11 is 0. The average molecular weight is 296 g/mol. The van der Waals surface area contributed by atoms with Crippen LogP contribution in [0.15, 0.2) is 18.5 Å². The van der Waals surface area contributed by atoms with Gasteiger partial charge in [-0.1, -0.05) is 20.8 Å². The molecule has 0 aliphatic carbocycles. The number of aromatic nitrogens is 2. The molecular weight excluding hydrogens is 272 g/mol. The van der Waals surface area contributed by atoms with Gasteiger partial charge in [0, 0.05) is 25.0 Å². The van der Waals surface area contributed by atoms with Crippen molar-refractivity contribution in [2.24, 2.45) is 5.41 Å². The Hall–Kier alpha value is -2.05. The lowest BCUT2D eigenvalue weighted by Gasteiger charge is -2.25. The van der Waals surface area contributed by atoms with Crippen LogP contribution in [-0.2, 0) is 11.3 Å². The minimum atomic E-state index is -0.916. The second kappa shape index (κ2) is 7.66. The third-order valence-corrected chi connectivity index (χ3v) is 2.80. The molecule has 0 bridgehead atoms. The third-order valence-electron chi connectivity index (χ3n) is 2.80. The first-order valence-corrected chi connectivity index (χ1v) is 7.00. The van der Waals surface area contributed by atoms with Gasteiger partial charge in [-0.25, -0.2) is 4.79 Å². The van der Waals surface area contributed by atoms with Crippen LogP contribution < -0.4 is 10.6 Å². The number of carbonyl (C=O) groups is 2. The number of amides is 2. The van der Waals surface area contributed by atoms with E-state index < -0.39 is 5.97 Å². The fraction of sp³-hybridized carbons (Fsp3) is 0.643. The van der Waals surface area contributed by atoms with Gasteiger partial charge < -0.3 is 15.7 Å². The van der Waals surface area contributed by atoms with E-state index in [1.807, 2.05) is 33.0 Å². The number of carbonyl (C=O) groups excluding carboxylic acids is 1. The van der Waals surface area contributed by atoms with Crippen LogP contribution in [0.3, 0.4) is 0 Å². The number of nitrogens with zero attached hydrogens (tertiary/aromatic N) is 2. The number of aliphatic carboxylic acids is 1. The van der Waals surface area contributed by atoms with Crippen molar-refractivity contribution >= 4 is 12.0 Å². The highest BCUT2D eigenvalue weighted by atomic mass is 16.4. The zero-order valence-corrected chi connectivity index (χ0v) is 12.8. The number of carboxylic acid groups (broad SMARTS) is 1. The Labute approximate surface area is 124 Å². The normalized spacial score (nSPS) is 12.7. The lowest BCUT2D eigenvalue weighted by atomic mass is 9.87. The molecule has 1 heterocycles. The summed E-state index contributed by atoms with van der Waals surface area (Å²) < 4.78 is 1.71. The van der Waals surface area contributed by atoms with Gasteiger partial charge in [-0.3, -0.25) is 9.48 Å². The summed E-state index contributed by atoms with van der Waals surface area (Å²) in [6, 6.07) is 1.08. The van der Waals surface area contributed by atoms with E-state index in [1.165, 1.54) is 0 Å². The molecule has 7 nitrogen and oxygen atoms in total. The molecule has 21 heavy (non-hydrogen) atoms. The smallest absolute Gasteiger partial charge is 0.315 e. The van der Waals surface area contributed by atoms with Crippen LogP contribution in [0.5, 0.6) is 0 Å². The van der Waals surface area contributed by atoms with E-state index in [4.69, 9.17) is 5.11 Å². The van der Waals surface area contributed by atoms with Crippen molar-refractivity contribution in [3.63, 3.8) is 0 Å². The van der Waals surface area contributed by atoms with Crippen LogP contribution in [-0.4, -0.2) is 39.5 Å². The van der Waals surface area contributed by atoms with Gasteiger partial charge in [-0.15, -0.1) is 0 Å². The van der Waals surface area contributed by atoms with Crippen molar-refractivity contribution in [3.05, 3.63) is 18.5 Å². The molecular formula is C14H24N4O3. The lowest BCUT2D eigenvalue weighted by Crippen LogP contribution is -2.45. The standard InChI is InChI=1S/C14H24N4O3/c1-14(2,3)10-11(9-12(19)20)17-13(21)15-6-8-18-7-4-5-16-18/h4-5,7,11H,6,8-10H2,1-3H3,(H,19,20)(H2,15,17,21). The number of hydrogen-bond donors (Lipinski definition) is 3. The van der Waals surface area contributed by atoms with Crippen LogP contribution in [0.25, 0.3) is 0 Å². The van der Waals surface area contributed by atoms with Gasteiger partial charge in [0.05, 0.1) is 13.0 Å². The highest BCUT2D eigenvalue weighted by Gasteiger charge is 2.22. The maximum Gasteiger partial charge on any atom is 0.315 e. The number of urea groups is 1. The zero-order chi connectivity index (χ0) is 15.9. The van der Waals surface area contributed by atoms with Crippen LogP contribution in [0, 0.1) is 5.41 Å². The van der Waals surface area contributed by atoms with E-state index in [1.54, 1.807) is 10.9 Å². The highest BCUT2D eigenvalue weighted by molar-refractivity contribution is 5.75. The Morgan fingerprint density at radius 2 is 2.10 bits per heavy atom. The summed E-state index contributed by atoms with van der Waals surface area (Å²) in [5.41, 5.74) is -0.0531. The number of carboxylic acids is 1. The van der Waals surface area contributed by atoms with Crippen molar-refractivity contribution in [2.45, 2.75) is 46.2 Å². The van der Waals surface area contributed by atoms with Crippen molar-refractivity contribution < 1.29 is 14.7 Å². The Kier molecular flexibility index (Phi) is 6.20. The quantitative estimate of drug-likeness (QED) is 0.709. The molecule has 1 unspecified atom stereocenters. The summed E-state index contributed by atoms with van der Waals surface area (Å²) in [7, 11) is 0. The second-order valence-corrected chi connectivity index (χ2v) is 6.23. The first-order valence-electron chi connectivity index (χ1n) is 7.00. The minimum Gasteiger partial charge on any atom is -0.481 e. The summed E-state index contributed by atoms with van der Waals surface area (Å²) in [6.07, 6.45) is 4.01. The molecule has 118 valence electrons. The monoisotopic (exact) mass is 296 g/mol. The number of hydrogen-bond acceptors (Lipinski definition) is 3. The Balaban J connectivity index is 2.38. The predicted octanol–water partition coefficient (Wildman–Crippen LogP) is 1.46. The van der Waals surface area contributed by atoms with Crippen molar-refractivity contribution in [1.29, 1.82) is 0 Å². The van der Waals surface area contributed by atoms with Gasteiger partial charge in [0.15, 0.2) is 0 Å². The fourth-order valence-corrected chi connectivity index (χ4v) is 2.08. The molecule has 0 fully saturated rings. The Morgan fingerprint density at radius 3 is 2.62 bits per heavy atom. The predicted molar refractivity (Wildman–Crippen MR) is 78.9 cm³/mol. The molecule has 3 N–H and O–H groups in total. The Bertz CT molecular complexity index is 451. The maximum atomic E-state index is 11.8. The molecule has 0 aliphatic rings. The van der Waals surface area contributed by atoms with Crippen LogP contribution in [0.2, 0.25) is 0 Å². The van der Waals surface area contributed by atoms with E-state index in [0.717, 1.165) is 0 Å². The number of nitrogens with one attached hydrogen (secondary N) is 2. The SMILES string of the molecule is CC(C)(C)CC(CC(=O)O)NC(=O)NCCn1cccn1. The highest BCUT2D eigenvalue weighted by Crippen LogP contribution is 2.22. The van der Waals surface area contributed by atoms with Crippen LogP contribution in [0.1, 0.15) is 33.6 Å². The zero-order valence-electron chi connectivity index (χ0n) is 12.8. The molecule has 0 aromatic carbocycles. The summed E-state index contributed by atoms with van der Waals surface area (Å²) in [6.45, 7) is 7.05. The molecule has 2 amide bonds. The van der Waals surface area contributed by atoms with E-state index in [-0.39, 0.29) is 23.9 Å².